The zero-order valence-electron chi connectivity index (χ0n) is 14.6. The van der Waals surface area contributed by atoms with E-state index in [0.717, 1.165) is 10.1 Å². The standard InChI is InChI=1S/C19H19NO5S2/c1-25-17-5-3-15(4-6-17)18(20(22)13-21)12-27(23,24)11-14-2-7-19-16(10-14)8-9-26-19/h2-10,13,18,22H,11-12H2,1H3. The first-order chi connectivity index (χ1) is 12.9. The molecule has 0 spiro atoms. The molecule has 1 unspecified atom stereocenters. The SMILES string of the molecule is COc1ccc(C(CS(=O)(=O)Cc2ccc3sccc3c2)N(O)C=O)cc1. The number of rotatable bonds is 8. The normalized spacial score (nSPS) is 12.7. The molecule has 0 aliphatic carbocycles. The number of benzene rings is 2. The van der Waals surface area contributed by atoms with Gasteiger partial charge in [-0.25, -0.2) is 13.5 Å². The van der Waals surface area contributed by atoms with Gasteiger partial charge in [0, 0.05) is 4.70 Å². The maximum atomic E-state index is 12.7. The fourth-order valence-electron chi connectivity index (χ4n) is 2.88. The van der Waals surface area contributed by atoms with Crippen LogP contribution in [0.25, 0.3) is 10.1 Å². The number of methoxy groups -OCH3 is 1. The van der Waals surface area contributed by atoms with Gasteiger partial charge in [0.25, 0.3) is 0 Å². The third-order valence-corrected chi connectivity index (χ3v) is 6.74. The molecule has 0 saturated heterocycles. The third kappa shape index (κ3) is 4.65. The summed E-state index contributed by atoms with van der Waals surface area (Å²) in [6, 6.07) is 13.0. The van der Waals surface area contributed by atoms with Gasteiger partial charge in [0.05, 0.1) is 24.7 Å². The Morgan fingerprint density at radius 3 is 2.59 bits per heavy atom. The van der Waals surface area contributed by atoms with Crippen LogP contribution in [0.2, 0.25) is 0 Å². The molecule has 3 aromatic rings. The average molecular weight is 405 g/mol. The molecule has 1 heterocycles. The van der Waals surface area contributed by atoms with Crippen LogP contribution in [0, 0.1) is 0 Å². The van der Waals surface area contributed by atoms with Crippen LogP contribution in [0.1, 0.15) is 17.2 Å². The van der Waals surface area contributed by atoms with E-state index in [1.807, 2.05) is 23.6 Å². The zero-order valence-corrected chi connectivity index (χ0v) is 16.2. The predicted octanol–water partition coefficient (Wildman–Crippen LogP) is 3.41. The summed E-state index contributed by atoms with van der Waals surface area (Å²) in [7, 11) is -2.07. The van der Waals surface area contributed by atoms with Gasteiger partial charge in [0.1, 0.15) is 5.75 Å². The summed E-state index contributed by atoms with van der Waals surface area (Å²) in [5, 5.41) is 13.3. The lowest BCUT2D eigenvalue weighted by Crippen LogP contribution is -2.30. The fourth-order valence-corrected chi connectivity index (χ4v) is 5.29. The highest BCUT2D eigenvalue weighted by atomic mass is 32.2. The quantitative estimate of drug-likeness (QED) is 0.353. The molecule has 3 rings (SSSR count). The molecule has 27 heavy (non-hydrogen) atoms. The molecule has 1 N–H and O–H groups in total. The number of thiophene rings is 1. The number of carbonyl (C=O) groups is 1. The van der Waals surface area contributed by atoms with Gasteiger partial charge in [-0.1, -0.05) is 18.2 Å². The molecule has 0 aliphatic heterocycles. The van der Waals surface area contributed by atoms with Gasteiger partial charge in [0.15, 0.2) is 9.84 Å². The molecule has 6 nitrogen and oxygen atoms in total. The summed E-state index contributed by atoms with van der Waals surface area (Å²) < 4.78 is 31.6. The second kappa shape index (κ2) is 8.08. The van der Waals surface area contributed by atoms with Crippen molar-refractivity contribution >= 4 is 37.7 Å². The van der Waals surface area contributed by atoms with Crippen molar-refractivity contribution in [3.05, 3.63) is 65.0 Å². The number of nitrogens with zero attached hydrogens (tertiary/aromatic N) is 1. The topological polar surface area (TPSA) is 83.9 Å². The van der Waals surface area contributed by atoms with Gasteiger partial charge in [-0.3, -0.25) is 10.0 Å². The second-order valence-electron chi connectivity index (χ2n) is 6.12. The summed E-state index contributed by atoms with van der Waals surface area (Å²) in [6.45, 7) is 0. The Morgan fingerprint density at radius 1 is 1.19 bits per heavy atom. The lowest BCUT2D eigenvalue weighted by atomic mass is 10.1. The van der Waals surface area contributed by atoms with Crippen molar-refractivity contribution in [3.63, 3.8) is 0 Å². The monoisotopic (exact) mass is 405 g/mol. The molecule has 142 valence electrons. The fraction of sp³-hybridized carbons (Fsp3) is 0.211. The van der Waals surface area contributed by atoms with Crippen molar-refractivity contribution in [2.75, 3.05) is 12.9 Å². The maximum absolute atomic E-state index is 12.7. The lowest BCUT2D eigenvalue weighted by Gasteiger charge is -2.23. The minimum Gasteiger partial charge on any atom is -0.497 e. The van der Waals surface area contributed by atoms with E-state index in [1.54, 1.807) is 41.7 Å². The minimum absolute atomic E-state index is 0.169. The Kier molecular flexibility index (Phi) is 5.79. The van der Waals surface area contributed by atoms with Crippen LogP contribution >= 0.6 is 11.3 Å². The first-order valence-electron chi connectivity index (χ1n) is 8.15. The molecule has 1 amide bonds. The van der Waals surface area contributed by atoms with Crippen LogP contribution in [0.5, 0.6) is 5.75 Å². The smallest absolute Gasteiger partial charge is 0.233 e. The first-order valence-corrected chi connectivity index (χ1v) is 10.8. The second-order valence-corrected chi connectivity index (χ2v) is 9.18. The van der Waals surface area contributed by atoms with E-state index in [0.29, 0.717) is 21.9 Å². The highest BCUT2D eigenvalue weighted by molar-refractivity contribution is 7.90. The molecule has 0 radical (unpaired) electrons. The van der Waals surface area contributed by atoms with E-state index in [9.17, 15) is 18.4 Å². The molecule has 2 aromatic carbocycles. The van der Waals surface area contributed by atoms with Crippen molar-refractivity contribution in [3.8, 4) is 5.75 Å². The van der Waals surface area contributed by atoms with Crippen molar-refractivity contribution in [2.45, 2.75) is 11.8 Å². The highest BCUT2D eigenvalue weighted by Gasteiger charge is 2.26. The van der Waals surface area contributed by atoms with Gasteiger partial charge in [-0.15, -0.1) is 11.3 Å². The first kappa shape index (κ1) is 19.3. The number of fused-ring (bicyclic) bond motifs is 1. The zero-order chi connectivity index (χ0) is 19.4. The number of hydrogen-bond acceptors (Lipinski definition) is 6. The third-order valence-electron chi connectivity index (χ3n) is 4.24. The van der Waals surface area contributed by atoms with Crippen LogP contribution in [-0.4, -0.2) is 38.0 Å². The Morgan fingerprint density at radius 2 is 1.93 bits per heavy atom. The lowest BCUT2D eigenvalue weighted by molar-refractivity contribution is -0.158. The average Bonchev–Trinajstić information content (AvgIpc) is 3.13. The highest BCUT2D eigenvalue weighted by Crippen LogP contribution is 2.26. The van der Waals surface area contributed by atoms with Gasteiger partial charge < -0.3 is 4.74 Å². The molecular weight excluding hydrogens is 386 g/mol. The molecule has 0 saturated carbocycles. The van der Waals surface area contributed by atoms with E-state index >= 15 is 0 Å². The summed E-state index contributed by atoms with van der Waals surface area (Å²) in [6.07, 6.45) is 0.210. The summed E-state index contributed by atoms with van der Waals surface area (Å²) in [5.41, 5.74) is 1.17. The van der Waals surface area contributed by atoms with Crippen LogP contribution in [0.3, 0.4) is 0 Å². The number of ether oxygens (including phenoxy) is 1. The molecule has 0 fully saturated rings. The Hall–Kier alpha value is -2.42. The summed E-state index contributed by atoms with van der Waals surface area (Å²) in [4.78, 5) is 11.1. The van der Waals surface area contributed by atoms with E-state index < -0.39 is 21.6 Å². The van der Waals surface area contributed by atoms with Gasteiger partial charge >= 0.3 is 0 Å². The van der Waals surface area contributed by atoms with Gasteiger partial charge in [-0.2, -0.15) is 0 Å². The molecule has 1 atom stereocenters. The number of sulfone groups is 1. The Bertz CT molecular complexity index is 1030. The molecular formula is C19H19NO5S2. The van der Waals surface area contributed by atoms with Crippen LogP contribution < -0.4 is 4.74 Å². The number of hydroxylamine groups is 2. The Labute approximate surface area is 161 Å². The molecule has 1 aromatic heterocycles. The number of hydrogen-bond donors (Lipinski definition) is 1. The van der Waals surface area contributed by atoms with Gasteiger partial charge in [-0.05, 0) is 52.2 Å². The molecule has 8 heteroatoms. The molecule has 0 aliphatic rings. The van der Waals surface area contributed by atoms with Crippen LogP contribution in [-0.2, 0) is 20.4 Å². The van der Waals surface area contributed by atoms with Crippen LogP contribution in [0.15, 0.2) is 53.9 Å². The van der Waals surface area contributed by atoms with Crippen LogP contribution in [0.4, 0.5) is 0 Å². The van der Waals surface area contributed by atoms with E-state index in [-0.39, 0.29) is 12.2 Å². The summed E-state index contributed by atoms with van der Waals surface area (Å²) in [5.74, 6) is 0.0361. The van der Waals surface area contributed by atoms with Crippen molar-refractivity contribution in [2.24, 2.45) is 0 Å². The summed E-state index contributed by atoms with van der Waals surface area (Å²) >= 11 is 1.59. The van der Waals surface area contributed by atoms with E-state index in [2.05, 4.69) is 0 Å². The minimum atomic E-state index is -3.59. The van der Waals surface area contributed by atoms with Gasteiger partial charge in [0.2, 0.25) is 6.41 Å². The predicted molar refractivity (Wildman–Crippen MR) is 105 cm³/mol. The maximum Gasteiger partial charge on any atom is 0.233 e. The number of carbonyl (C=O) groups excluding carboxylic acids is 1. The van der Waals surface area contributed by atoms with Crippen molar-refractivity contribution in [1.29, 1.82) is 0 Å². The van der Waals surface area contributed by atoms with Crippen molar-refractivity contribution in [1.82, 2.24) is 5.06 Å². The Balaban J connectivity index is 1.83. The van der Waals surface area contributed by atoms with Crippen molar-refractivity contribution < 1.29 is 23.2 Å². The largest absolute Gasteiger partial charge is 0.497 e. The number of amides is 1. The van der Waals surface area contributed by atoms with E-state index in [1.165, 1.54) is 7.11 Å². The van der Waals surface area contributed by atoms with E-state index in [4.69, 9.17) is 4.74 Å². The molecule has 0 bridgehead atoms.